The Bertz CT molecular complexity index is 282. The first-order valence-corrected chi connectivity index (χ1v) is 7.09. The molecular weight excluding hydrogens is 248 g/mol. The van der Waals surface area contributed by atoms with E-state index >= 15 is 0 Å². The van der Waals surface area contributed by atoms with Crippen molar-refractivity contribution in [3.8, 4) is 0 Å². The number of carbonyl (C=O) groups is 1. The lowest BCUT2D eigenvalue weighted by molar-refractivity contribution is -0.128. The minimum atomic E-state index is -0.101. The van der Waals surface area contributed by atoms with Gasteiger partial charge in [-0.3, -0.25) is 4.79 Å². The largest absolute Gasteiger partial charge is 0.379 e. The fraction of sp³-hybridized carbons (Fsp3) is 0.923. The summed E-state index contributed by atoms with van der Waals surface area (Å²) in [5, 5.41) is 6.30. The highest BCUT2D eigenvalue weighted by molar-refractivity contribution is 5.79. The van der Waals surface area contributed by atoms with Crippen LogP contribution >= 0.6 is 0 Å². The summed E-state index contributed by atoms with van der Waals surface area (Å²) in [5.41, 5.74) is 0. The van der Waals surface area contributed by atoms with Crippen LogP contribution in [0.3, 0.4) is 0 Å². The van der Waals surface area contributed by atoms with E-state index in [1.807, 2.05) is 0 Å². The Balaban J connectivity index is 1.71. The molecule has 0 aromatic heterocycles. The van der Waals surface area contributed by atoms with Gasteiger partial charge < -0.3 is 24.8 Å². The maximum atomic E-state index is 12.1. The van der Waals surface area contributed by atoms with Crippen LogP contribution in [0.15, 0.2) is 0 Å². The summed E-state index contributed by atoms with van der Waals surface area (Å²) in [7, 11) is 0. The van der Waals surface area contributed by atoms with Gasteiger partial charge in [-0.15, -0.1) is 0 Å². The maximum Gasteiger partial charge on any atom is 0.227 e. The Morgan fingerprint density at radius 1 is 1.21 bits per heavy atom. The molecule has 2 aliphatic heterocycles. The Morgan fingerprint density at radius 2 is 2.11 bits per heavy atom. The average Bonchev–Trinajstić information content (AvgIpc) is 2.92. The highest BCUT2D eigenvalue weighted by Gasteiger charge is 2.33. The molecule has 110 valence electrons. The zero-order chi connectivity index (χ0) is 13.5. The Labute approximate surface area is 114 Å². The number of hydrogen-bond acceptors (Lipinski definition) is 5. The SMILES string of the molecule is CCCNC1COCC1C(=O)NCC1COCCO1. The number of amides is 1. The van der Waals surface area contributed by atoms with Gasteiger partial charge >= 0.3 is 0 Å². The van der Waals surface area contributed by atoms with Crippen LogP contribution in [0.5, 0.6) is 0 Å². The van der Waals surface area contributed by atoms with Gasteiger partial charge in [-0.05, 0) is 13.0 Å². The topological polar surface area (TPSA) is 68.8 Å². The molecule has 19 heavy (non-hydrogen) atoms. The first kappa shape index (κ1) is 14.7. The van der Waals surface area contributed by atoms with Crippen molar-refractivity contribution in [1.82, 2.24) is 10.6 Å². The summed E-state index contributed by atoms with van der Waals surface area (Å²) < 4.78 is 16.2. The van der Waals surface area contributed by atoms with E-state index in [2.05, 4.69) is 17.6 Å². The van der Waals surface area contributed by atoms with E-state index in [4.69, 9.17) is 14.2 Å². The lowest BCUT2D eigenvalue weighted by atomic mass is 10.0. The van der Waals surface area contributed by atoms with Crippen molar-refractivity contribution in [2.24, 2.45) is 5.92 Å². The minimum Gasteiger partial charge on any atom is -0.379 e. The van der Waals surface area contributed by atoms with Crippen molar-refractivity contribution >= 4 is 5.91 Å². The summed E-state index contributed by atoms with van der Waals surface area (Å²) in [6, 6.07) is 0.128. The van der Waals surface area contributed by atoms with Gasteiger partial charge in [-0.25, -0.2) is 0 Å². The second-order valence-corrected chi connectivity index (χ2v) is 5.02. The van der Waals surface area contributed by atoms with E-state index < -0.39 is 0 Å². The van der Waals surface area contributed by atoms with Crippen LogP contribution in [0.1, 0.15) is 13.3 Å². The van der Waals surface area contributed by atoms with Crippen molar-refractivity contribution in [1.29, 1.82) is 0 Å². The zero-order valence-corrected chi connectivity index (χ0v) is 11.5. The quantitative estimate of drug-likeness (QED) is 0.684. The molecule has 6 nitrogen and oxygen atoms in total. The molecule has 0 aromatic rings. The molecule has 3 atom stereocenters. The second-order valence-electron chi connectivity index (χ2n) is 5.02. The summed E-state index contributed by atoms with van der Waals surface area (Å²) in [6.07, 6.45) is 1.03. The smallest absolute Gasteiger partial charge is 0.227 e. The molecule has 0 aromatic carbocycles. The fourth-order valence-corrected chi connectivity index (χ4v) is 2.34. The van der Waals surface area contributed by atoms with Crippen molar-refractivity contribution in [3.63, 3.8) is 0 Å². The van der Waals surface area contributed by atoms with Gasteiger partial charge in [0.1, 0.15) is 0 Å². The molecule has 0 aliphatic carbocycles. The van der Waals surface area contributed by atoms with Crippen molar-refractivity contribution < 1.29 is 19.0 Å². The van der Waals surface area contributed by atoms with Gasteiger partial charge in [-0.1, -0.05) is 6.92 Å². The van der Waals surface area contributed by atoms with Gasteiger partial charge in [-0.2, -0.15) is 0 Å². The normalized spacial score (nSPS) is 31.3. The summed E-state index contributed by atoms with van der Waals surface area (Å²) >= 11 is 0. The van der Waals surface area contributed by atoms with Crippen LogP contribution in [0.4, 0.5) is 0 Å². The number of nitrogens with one attached hydrogen (secondary N) is 2. The standard InChI is InChI=1S/C13H24N2O4/c1-2-3-14-12-9-18-8-11(12)13(16)15-6-10-7-17-4-5-19-10/h10-12,14H,2-9H2,1H3,(H,15,16). The van der Waals surface area contributed by atoms with Crippen LogP contribution in [0.25, 0.3) is 0 Å². The van der Waals surface area contributed by atoms with E-state index in [-0.39, 0.29) is 24.0 Å². The molecule has 2 rings (SSSR count). The minimum absolute atomic E-state index is 0.0259. The molecule has 2 heterocycles. The predicted octanol–water partition coefficient (Wildman–Crippen LogP) is -0.467. The number of ether oxygens (including phenoxy) is 3. The van der Waals surface area contributed by atoms with E-state index in [1.54, 1.807) is 0 Å². The van der Waals surface area contributed by atoms with Crippen LogP contribution in [-0.2, 0) is 19.0 Å². The van der Waals surface area contributed by atoms with Crippen LogP contribution in [0, 0.1) is 5.92 Å². The molecule has 2 aliphatic rings. The van der Waals surface area contributed by atoms with Crippen LogP contribution in [0.2, 0.25) is 0 Å². The summed E-state index contributed by atoms with van der Waals surface area (Å²) in [5.74, 6) is -0.0589. The lowest BCUT2D eigenvalue weighted by Crippen LogP contribution is -2.47. The van der Waals surface area contributed by atoms with Gasteiger partial charge in [0.2, 0.25) is 5.91 Å². The van der Waals surface area contributed by atoms with Gasteiger partial charge in [0.25, 0.3) is 0 Å². The van der Waals surface area contributed by atoms with E-state index in [9.17, 15) is 4.79 Å². The first-order valence-electron chi connectivity index (χ1n) is 7.09. The molecule has 3 unspecified atom stereocenters. The van der Waals surface area contributed by atoms with E-state index in [0.717, 1.165) is 13.0 Å². The number of rotatable bonds is 6. The van der Waals surface area contributed by atoms with Gasteiger partial charge in [0.15, 0.2) is 0 Å². The third kappa shape index (κ3) is 4.42. The molecule has 0 spiro atoms. The first-order chi connectivity index (χ1) is 9.31. The lowest BCUT2D eigenvalue weighted by Gasteiger charge is -2.24. The number of carbonyl (C=O) groups excluding carboxylic acids is 1. The fourth-order valence-electron chi connectivity index (χ4n) is 2.34. The summed E-state index contributed by atoms with van der Waals surface area (Å²) in [4.78, 5) is 12.1. The Kier molecular flexibility index (Phi) is 6.03. The molecule has 2 saturated heterocycles. The van der Waals surface area contributed by atoms with Crippen LogP contribution < -0.4 is 10.6 Å². The Morgan fingerprint density at radius 3 is 2.84 bits per heavy atom. The van der Waals surface area contributed by atoms with Crippen molar-refractivity contribution in [2.45, 2.75) is 25.5 Å². The zero-order valence-electron chi connectivity index (χ0n) is 11.5. The van der Waals surface area contributed by atoms with Crippen molar-refractivity contribution in [3.05, 3.63) is 0 Å². The monoisotopic (exact) mass is 272 g/mol. The van der Waals surface area contributed by atoms with E-state index in [1.165, 1.54) is 0 Å². The van der Waals surface area contributed by atoms with Crippen LogP contribution in [-0.4, -0.2) is 64.2 Å². The molecule has 0 saturated carbocycles. The van der Waals surface area contributed by atoms with Gasteiger partial charge in [0.05, 0.1) is 45.1 Å². The third-order valence-electron chi connectivity index (χ3n) is 3.46. The molecule has 1 amide bonds. The molecule has 2 N–H and O–H groups in total. The molecule has 2 fully saturated rings. The second kappa shape index (κ2) is 7.79. The highest BCUT2D eigenvalue weighted by Crippen LogP contribution is 2.14. The summed E-state index contributed by atoms with van der Waals surface area (Å²) in [6.45, 7) is 6.44. The third-order valence-corrected chi connectivity index (χ3v) is 3.46. The van der Waals surface area contributed by atoms with E-state index in [0.29, 0.717) is 39.6 Å². The average molecular weight is 272 g/mol. The molecule has 0 bridgehead atoms. The predicted molar refractivity (Wildman–Crippen MR) is 70.0 cm³/mol. The highest BCUT2D eigenvalue weighted by atomic mass is 16.6. The Hall–Kier alpha value is -0.690. The molecule has 0 radical (unpaired) electrons. The van der Waals surface area contributed by atoms with Crippen molar-refractivity contribution in [2.75, 3.05) is 46.1 Å². The van der Waals surface area contributed by atoms with Gasteiger partial charge in [0, 0.05) is 12.6 Å². The molecule has 6 heteroatoms. The molecular formula is C13H24N2O4. The number of hydrogen-bond donors (Lipinski definition) is 2. The maximum absolute atomic E-state index is 12.1.